The first-order chi connectivity index (χ1) is 43.8. The number of H-pyrrole nitrogens is 7. The summed E-state index contributed by atoms with van der Waals surface area (Å²) >= 11 is 0. The largest absolute Gasteiger partial charge is 0.381 e. The summed E-state index contributed by atoms with van der Waals surface area (Å²) in [4.78, 5) is 21.0. The van der Waals surface area contributed by atoms with Crippen LogP contribution in [0.2, 0.25) is 0 Å². The number of aromatic nitrogens is 14. The molecular formula is C74H121N14O2+7. The molecule has 7 N–H and O–H groups in total. The molecule has 16 heteroatoms. The van der Waals surface area contributed by atoms with Crippen molar-refractivity contribution in [2.45, 2.75) is 191 Å². The van der Waals surface area contributed by atoms with Gasteiger partial charge in [0.2, 0.25) is 38.0 Å². The van der Waals surface area contributed by atoms with Gasteiger partial charge in [-0.1, -0.05) is 151 Å². The van der Waals surface area contributed by atoms with E-state index in [0.29, 0.717) is 0 Å². The number of nitrogens with one attached hydrogen (secondary N) is 7. The zero-order chi connectivity index (χ0) is 64.9. The highest BCUT2D eigenvalue weighted by Gasteiger charge is 2.06. The van der Waals surface area contributed by atoms with Crippen LogP contribution >= 0.6 is 0 Å². The summed E-state index contributed by atoms with van der Waals surface area (Å²) in [6, 6.07) is 18.5. The zero-order valence-corrected chi connectivity index (χ0v) is 57.3. The van der Waals surface area contributed by atoms with Gasteiger partial charge in [0.1, 0.15) is 87.5 Å². The fourth-order valence-electron chi connectivity index (χ4n) is 9.33. The van der Waals surface area contributed by atoms with E-state index in [1.807, 2.05) is 117 Å². The van der Waals surface area contributed by atoms with Crippen molar-refractivity contribution in [3.63, 3.8) is 0 Å². The second-order valence-electron chi connectivity index (χ2n) is 24.0. The molecule has 0 fully saturated rings. The SMILES string of the molecule is C=CCn1cc[n+](C)c1.CC(C)=CCC/C(C)=C/COCCCC[n+]1cc[nH]c1.CC(C)CCCC(C)CCOCCCC[n+]1cc[nH]c1.CCCCCCCCn1cc[n+](C)c1.Cc1[nH]cc[n+]1Cc1ccccc1.c1c[nH+]c[nH]1.c1ccc2[nH+]c[nH]c2c1. The molecule has 0 saturated carbocycles. The van der Waals surface area contributed by atoms with E-state index in [-0.39, 0.29) is 0 Å². The lowest BCUT2D eigenvalue weighted by molar-refractivity contribution is -0.696. The Hall–Kier alpha value is -7.69. The maximum absolute atomic E-state index is 5.73. The van der Waals surface area contributed by atoms with Crippen LogP contribution in [0.5, 0.6) is 0 Å². The predicted molar refractivity (Wildman–Crippen MR) is 365 cm³/mol. The molecule has 0 aliphatic rings. The summed E-state index contributed by atoms with van der Waals surface area (Å²) in [7, 11) is 4.07. The lowest BCUT2D eigenvalue weighted by Crippen LogP contribution is -2.34. The highest BCUT2D eigenvalue weighted by Crippen LogP contribution is 2.15. The minimum atomic E-state index is 0.748. The molecule has 1 atom stereocenters. The fraction of sp³-hybridized carbons (Fsp3) is 0.500. The first-order valence-corrected chi connectivity index (χ1v) is 33.5. The van der Waals surface area contributed by atoms with Gasteiger partial charge in [-0.05, 0) is 108 Å². The first-order valence-electron chi connectivity index (χ1n) is 33.5. The molecule has 16 nitrogen and oxygen atoms in total. The molecule has 0 aliphatic carbocycles. The summed E-state index contributed by atoms with van der Waals surface area (Å²) in [5.41, 5.74) is 6.45. The molecule has 0 amide bonds. The van der Waals surface area contributed by atoms with Gasteiger partial charge in [0.15, 0.2) is 11.0 Å². The molecule has 9 aromatic rings. The minimum Gasteiger partial charge on any atom is -0.381 e. The topological polar surface area (TPSA) is 155 Å². The number of rotatable bonds is 33. The standard InChI is InChI=1S/C17H32N2O.C17H28N2O.C12H23N2.C11H12N2.C7H6N2.C7H11N2.C3H4N2/c2*1-16(2)7-6-8-17(3)9-14-20-13-5-4-11-19-12-10-18-15-19;1-3-4-5-6-7-8-9-14-11-10-13(2)12-14;1-10-12-7-8-13(10)9-11-5-3-2-4-6-11;1-2-4-7-6(3-1)8-5-9-7;1-3-4-9-6-5-8(2)7-9;1-2-5-3-4-1/h10,12,15-17H,4-9,11,13-14H2,1-3H3;7,9-10,12,15H,4-6,8,11,13-14H2,1-3H3;10-12H,3-9H2,1-2H3;2-8H,9H2,1H3;1-5H,(H,8,9);3,5-7H,1,4H2,2H3;1-3H,(H,4,5)/q;;+1;;;+1;/p+5/b;17-9+;;;;;. The second-order valence-corrected chi connectivity index (χ2v) is 24.0. The molecule has 9 rings (SSSR count). The Morgan fingerprint density at radius 2 is 1.31 bits per heavy atom. The molecule has 7 aromatic heterocycles. The second kappa shape index (κ2) is 51.1. The summed E-state index contributed by atoms with van der Waals surface area (Å²) in [5.74, 6) is 2.84. The van der Waals surface area contributed by atoms with E-state index >= 15 is 0 Å². The van der Waals surface area contributed by atoms with E-state index < -0.39 is 0 Å². The molecule has 7 heterocycles. The molecule has 2 aromatic carbocycles. The van der Waals surface area contributed by atoms with Crippen LogP contribution in [0.4, 0.5) is 0 Å². The van der Waals surface area contributed by atoms with Gasteiger partial charge in [-0.15, -0.1) is 0 Å². The minimum absolute atomic E-state index is 0.748. The maximum atomic E-state index is 5.73. The van der Waals surface area contributed by atoms with Crippen molar-refractivity contribution >= 4 is 11.0 Å². The Balaban J connectivity index is 0.000000283. The van der Waals surface area contributed by atoms with Crippen molar-refractivity contribution in [2.24, 2.45) is 25.9 Å². The van der Waals surface area contributed by atoms with Crippen LogP contribution in [-0.2, 0) is 56.3 Å². The molecular weight excluding hydrogens is 1120 g/mol. The molecule has 0 bridgehead atoms. The first kappa shape index (κ1) is 76.6. The van der Waals surface area contributed by atoms with E-state index in [1.54, 1.807) is 6.33 Å². The van der Waals surface area contributed by atoms with Gasteiger partial charge in [-0.25, -0.2) is 46.9 Å². The van der Waals surface area contributed by atoms with E-state index in [9.17, 15) is 0 Å². The number of benzene rings is 2. The number of hydrogen-bond donors (Lipinski definition) is 5. The lowest BCUT2D eigenvalue weighted by atomic mass is 9.98. The Morgan fingerprint density at radius 3 is 1.88 bits per heavy atom. The normalized spacial score (nSPS) is 11.0. The number of imidazole rings is 7. The monoisotopic (exact) mass is 1240 g/mol. The number of allylic oxidation sites excluding steroid dienone is 4. The Bertz CT molecular complexity index is 3000. The van der Waals surface area contributed by atoms with Gasteiger partial charge in [-0.2, -0.15) is 0 Å². The number of ether oxygens (including phenoxy) is 2. The number of unbranched alkanes of at least 4 members (excludes halogenated alkanes) is 7. The van der Waals surface area contributed by atoms with Crippen molar-refractivity contribution in [3.05, 3.63) is 214 Å². The van der Waals surface area contributed by atoms with Crippen LogP contribution < -0.4 is 32.8 Å². The Kier molecular flexibility index (Phi) is 43.5. The third kappa shape index (κ3) is 40.8. The van der Waals surface area contributed by atoms with Crippen molar-refractivity contribution in [2.75, 3.05) is 26.4 Å². The molecule has 1 unspecified atom stereocenters. The molecule has 0 spiro atoms. The quantitative estimate of drug-likeness (QED) is 0.0158. The van der Waals surface area contributed by atoms with E-state index in [4.69, 9.17) is 9.47 Å². The summed E-state index contributed by atoms with van der Waals surface area (Å²) in [6.07, 6.45) is 62.5. The van der Waals surface area contributed by atoms with Crippen LogP contribution in [0, 0.1) is 18.8 Å². The maximum Gasteiger partial charge on any atom is 0.251 e. The van der Waals surface area contributed by atoms with Gasteiger partial charge < -0.3 is 9.47 Å². The highest BCUT2D eigenvalue weighted by atomic mass is 16.5. The number of fused-ring (bicyclic) bond motifs is 1. The van der Waals surface area contributed by atoms with Gasteiger partial charge in [-0.3, -0.25) is 19.9 Å². The number of aromatic amines is 7. The number of para-hydroxylation sites is 2. The van der Waals surface area contributed by atoms with E-state index in [2.05, 4.69) is 205 Å². The summed E-state index contributed by atoms with van der Waals surface area (Å²) in [5, 5.41) is 0. The molecule has 0 radical (unpaired) electrons. The number of hydrogen-bond acceptors (Lipinski definition) is 2. The van der Waals surface area contributed by atoms with Gasteiger partial charge in [0.25, 0.3) is 5.82 Å². The average Bonchev–Trinajstić information content (AvgIpc) is 4.16. The molecule has 90 heavy (non-hydrogen) atoms. The van der Waals surface area contributed by atoms with E-state index in [0.717, 1.165) is 108 Å². The van der Waals surface area contributed by atoms with Crippen LogP contribution in [-0.4, -0.2) is 60.5 Å². The van der Waals surface area contributed by atoms with Crippen LogP contribution in [0.1, 0.15) is 163 Å². The third-order valence-corrected chi connectivity index (χ3v) is 14.7. The van der Waals surface area contributed by atoms with E-state index in [1.165, 1.54) is 99.7 Å². The zero-order valence-electron chi connectivity index (χ0n) is 57.3. The molecule has 0 saturated heterocycles. The van der Waals surface area contributed by atoms with Gasteiger partial charge in [0.05, 0.1) is 40.3 Å². The lowest BCUT2D eigenvalue weighted by Gasteiger charge is -2.12. The van der Waals surface area contributed by atoms with Crippen molar-refractivity contribution < 1.29 is 42.3 Å². The summed E-state index contributed by atoms with van der Waals surface area (Å²) in [6.45, 7) is 30.0. The molecule has 492 valence electrons. The Labute approximate surface area is 542 Å². The number of nitrogens with zero attached hydrogens (tertiary/aromatic N) is 7. The highest BCUT2D eigenvalue weighted by molar-refractivity contribution is 5.69. The third-order valence-electron chi connectivity index (χ3n) is 14.7. The van der Waals surface area contributed by atoms with Crippen LogP contribution in [0.25, 0.3) is 11.0 Å². The summed E-state index contributed by atoms with van der Waals surface area (Å²) < 4.78 is 26.3. The van der Waals surface area contributed by atoms with Crippen molar-refractivity contribution in [3.8, 4) is 0 Å². The van der Waals surface area contributed by atoms with Crippen LogP contribution in [0.15, 0.2) is 203 Å². The van der Waals surface area contributed by atoms with Gasteiger partial charge >= 0.3 is 0 Å². The average molecular weight is 1240 g/mol. The van der Waals surface area contributed by atoms with Crippen molar-refractivity contribution in [1.82, 2.24) is 34.1 Å². The van der Waals surface area contributed by atoms with Gasteiger partial charge in [0, 0.05) is 26.7 Å². The van der Waals surface area contributed by atoms with Crippen LogP contribution in [0.3, 0.4) is 0 Å². The Morgan fingerprint density at radius 1 is 0.644 bits per heavy atom. The molecule has 0 aliphatic heterocycles. The fourth-order valence-corrected chi connectivity index (χ4v) is 9.33. The predicted octanol–water partition coefficient (Wildman–Crippen LogP) is 13.4. The van der Waals surface area contributed by atoms with Crippen molar-refractivity contribution in [1.29, 1.82) is 0 Å². The smallest absolute Gasteiger partial charge is 0.251 e. The number of aryl methyl sites for hydroxylation is 6.